The summed E-state index contributed by atoms with van der Waals surface area (Å²) in [4.78, 5) is 12.5. The van der Waals surface area contributed by atoms with E-state index in [1.165, 1.54) is 122 Å². The Hall–Kier alpha value is -1.44. The Morgan fingerprint density at radius 2 is 0.935 bits per heavy atom. The third-order valence-corrected chi connectivity index (χ3v) is 9.32. The van der Waals surface area contributed by atoms with Gasteiger partial charge in [-0.1, -0.05) is 159 Å². The van der Waals surface area contributed by atoms with Gasteiger partial charge in [0.15, 0.2) is 0 Å². The highest BCUT2D eigenvalue weighted by molar-refractivity contribution is 7.85. The van der Waals surface area contributed by atoms with Crippen LogP contribution in [0, 0.1) is 0 Å². The molecule has 0 aromatic rings. The Bertz CT molecular complexity index is 868. The number of carbonyl (C=O) groups excluding carboxylic acids is 1. The molecule has 2 atom stereocenters. The number of unbranched alkanes of at least 4 members (excludes halogenated alkanes) is 22. The van der Waals surface area contributed by atoms with E-state index in [9.17, 15) is 22.9 Å². The van der Waals surface area contributed by atoms with Crippen LogP contribution in [0.3, 0.4) is 0 Å². The number of carbonyl (C=O) groups is 1. The number of nitrogens with one attached hydrogen (secondary N) is 1. The van der Waals surface area contributed by atoms with Crippen LogP contribution in [-0.2, 0) is 14.9 Å². The standard InChI is InChI=1S/C39H73NO5S/c1-3-5-7-9-11-13-15-17-19-20-21-23-25-27-29-31-33-35-39(42)40-37(36-46(43,44)45)38(41)34-32-30-28-26-24-22-18-16-14-12-10-8-6-4-2/h17,19,24,26,32,34,37-38,41H,3-16,18,20-23,25,27-31,33,35-36H2,1-2H3,(H,40,42)(H,43,44,45)/b19-17-,26-24+,34-32+. The summed E-state index contributed by atoms with van der Waals surface area (Å²) in [6.07, 6.45) is 42.7. The van der Waals surface area contributed by atoms with Crippen LogP contribution in [0.15, 0.2) is 36.5 Å². The van der Waals surface area contributed by atoms with Gasteiger partial charge in [0, 0.05) is 6.42 Å². The van der Waals surface area contributed by atoms with Crippen molar-refractivity contribution in [1.82, 2.24) is 5.32 Å². The first kappa shape index (κ1) is 44.6. The maximum absolute atomic E-state index is 12.5. The lowest BCUT2D eigenvalue weighted by molar-refractivity contribution is -0.122. The lowest BCUT2D eigenvalue weighted by Gasteiger charge is -2.21. The molecule has 0 aliphatic rings. The van der Waals surface area contributed by atoms with Crippen molar-refractivity contribution < 1.29 is 22.9 Å². The molecule has 3 N–H and O–H groups in total. The topological polar surface area (TPSA) is 104 Å². The molecule has 0 aliphatic carbocycles. The first-order chi connectivity index (χ1) is 22.3. The number of aliphatic hydroxyl groups excluding tert-OH is 1. The van der Waals surface area contributed by atoms with Gasteiger partial charge in [-0.05, 0) is 57.8 Å². The van der Waals surface area contributed by atoms with Crippen LogP contribution in [0.4, 0.5) is 0 Å². The summed E-state index contributed by atoms with van der Waals surface area (Å²) >= 11 is 0. The van der Waals surface area contributed by atoms with Crippen molar-refractivity contribution in [3.05, 3.63) is 36.5 Å². The Kier molecular flexibility index (Phi) is 32.4. The maximum Gasteiger partial charge on any atom is 0.267 e. The van der Waals surface area contributed by atoms with Crippen LogP contribution >= 0.6 is 0 Å². The molecule has 0 aromatic heterocycles. The van der Waals surface area contributed by atoms with Crippen molar-refractivity contribution in [2.75, 3.05) is 5.75 Å². The smallest absolute Gasteiger partial charge is 0.267 e. The molecule has 270 valence electrons. The fraction of sp³-hybridized carbons (Fsp3) is 0.821. The van der Waals surface area contributed by atoms with Crippen molar-refractivity contribution >= 4 is 16.0 Å². The number of amides is 1. The monoisotopic (exact) mass is 668 g/mol. The second-order valence-corrected chi connectivity index (χ2v) is 14.7. The van der Waals surface area contributed by atoms with E-state index in [0.717, 1.165) is 44.9 Å². The molecule has 0 bridgehead atoms. The summed E-state index contributed by atoms with van der Waals surface area (Å²) in [5, 5.41) is 13.2. The molecule has 46 heavy (non-hydrogen) atoms. The fourth-order valence-electron chi connectivity index (χ4n) is 5.64. The van der Waals surface area contributed by atoms with E-state index in [2.05, 4.69) is 43.5 Å². The lowest BCUT2D eigenvalue weighted by atomic mass is 10.1. The zero-order chi connectivity index (χ0) is 34.0. The molecule has 0 saturated carbocycles. The van der Waals surface area contributed by atoms with Crippen LogP contribution in [0.5, 0.6) is 0 Å². The van der Waals surface area contributed by atoms with Crippen LogP contribution in [0.25, 0.3) is 0 Å². The molecule has 0 spiro atoms. The molecule has 0 heterocycles. The van der Waals surface area contributed by atoms with Crippen LogP contribution in [0.2, 0.25) is 0 Å². The van der Waals surface area contributed by atoms with E-state index >= 15 is 0 Å². The molecule has 0 radical (unpaired) electrons. The van der Waals surface area contributed by atoms with Gasteiger partial charge in [-0.25, -0.2) is 0 Å². The highest BCUT2D eigenvalue weighted by Gasteiger charge is 2.24. The Morgan fingerprint density at radius 3 is 1.37 bits per heavy atom. The summed E-state index contributed by atoms with van der Waals surface area (Å²) in [6, 6.07) is -1.07. The third kappa shape index (κ3) is 33.9. The summed E-state index contributed by atoms with van der Waals surface area (Å²) in [6.45, 7) is 4.50. The molecule has 0 rings (SSSR count). The van der Waals surface area contributed by atoms with Crippen molar-refractivity contribution in [3.63, 3.8) is 0 Å². The number of hydrogen-bond donors (Lipinski definition) is 3. The highest BCUT2D eigenvalue weighted by atomic mass is 32.2. The molecule has 0 fully saturated rings. The lowest BCUT2D eigenvalue weighted by Crippen LogP contribution is -2.46. The molecule has 7 heteroatoms. The van der Waals surface area contributed by atoms with Gasteiger partial charge in [0.05, 0.1) is 17.9 Å². The number of hydrogen-bond acceptors (Lipinski definition) is 4. The zero-order valence-electron chi connectivity index (χ0n) is 29.9. The van der Waals surface area contributed by atoms with Crippen molar-refractivity contribution in [1.29, 1.82) is 0 Å². The minimum atomic E-state index is -4.35. The average molecular weight is 668 g/mol. The van der Waals surface area contributed by atoms with Crippen molar-refractivity contribution in [2.24, 2.45) is 0 Å². The van der Waals surface area contributed by atoms with E-state index in [1.54, 1.807) is 6.08 Å². The first-order valence-electron chi connectivity index (χ1n) is 19.2. The van der Waals surface area contributed by atoms with Gasteiger partial charge in [-0.15, -0.1) is 0 Å². The number of rotatable bonds is 34. The quantitative estimate of drug-likeness (QED) is 0.0360. The van der Waals surface area contributed by atoms with Crippen LogP contribution in [-0.4, -0.2) is 41.9 Å². The Balaban J connectivity index is 4.00. The third-order valence-electron chi connectivity index (χ3n) is 8.54. The highest BCUT2D eigenvalue weighted by Crippen LogP contribution is 2.13. The van der Waals surface area contributed by atoms with Crippen LogP contribution < -0.4 is 5.32 Å². The van der Waals surface area contributed by atoms with E-state index < -0.39 is 28.0 Å². The second kappa shape index (κ2) is 33.5. The zero-order valence-corrected chi connectivity index (χ0v) is 30.8. The van der Waals surface area contributed by atoms with Gasteiger partial charge in [-0.3, -0.25) is 9.35 Å². The summed E-state index contributed by atoms with van der Waals surface area (Å²) < 4.78 is 32.4. The van der Waals surface area contributed by atoms with E-state index in [4.69, 9.17) is 0 Å². The van der Waals surface area contributed by atoms with Gasteiger partial charge >= 0.3 is 0 Å². The average Bonchev–Trinajstić information content (AvgIpc) is 3.01. The number of allylic oxidation sites excluding steroid dienone is 5. The molecule has 2 unspecified atom stereocenters. The van der Waals surface area contributed by atoms with E-state index in [-0.39, 0.29) is 12.3 Å². The fourth-order valence-corrected chi connectivity index (χ4v) is 6.37. The minimum absolute atomic E-state index is 0.283. The van der Waals surface area contributed by atoms with Gasteiger partial charge in [0.1, 0.15) is 0 Å². The van der Waals surface area contributed by atoms with Crippen LogP contribution in [0.1, 0.15) is 187 Å². The van der Waals surface area contributed by atoms with Gasteiger partial charge in [0.25, 0.3) is 10.1 Å². The molecular weight excluding hydrogens is 594 g/mol. The molecule has 1 amide bonds. The van der Waals surface area contributed by atoms with Crippen molar-refractivity contribution in [3.8, 4) is 0 Å². The van der Waals surface area contributed by atoms with Gasteiger partial charge in [0.2, 0.25) is 5.91 Å². The van der Waals surface area contributed by atoms with Gasteiger partial charge in [-0.2, -0.15) is 8.42 Å². The predicted molar refractivity (Wildman–Crippen MR) is 198 cm³/mol. The summed E-state index contributed by atoms with van der Waals surface area (Å²) in [5.41, 5.74) is 0. The summed E-state index contributed by atoms with van der Waals surface area (Å²) in [5.74, 6) is -1.01. The predicted octanol–water partition coefficient (Wildman–Crippen LogP) is 11.0. The summed E-state index contributed by atoms with van der Waals surface area (Å²) in [7, 11) is -4.35. The van der Waals surface area contributed by atoms with Crippen molar-refractivity contribution in [2.45, 2.75) is 199 Å². The molecule has 0 aliphatic heterocycles. The molecule has 6 nitrogen and oxygen atoms in total. The normalized spacial score (nSPS) is 13.7. The molecule has 0 saturated heterocycles. The largest absolute Gasteiger partial charge is 0.387 e. The SMILES string of the molecule is CCCCCCCC/C=C\CCCCCCCCCC(=O)NC(CS(=O)(=O)O)C(O)/C=C/CC/C=C/CCCCCCCCCC. The van der Waals surface area contributed by atoms with Gasteiger partial charge < -0.3 is 10.4 Å². The van der Waals surface area contributed by atoms with E-state index in [0.29, 0.717) is 6.42 Å². The minimum Gasteiger partial charge on any atom is -0.387 e. The second-order valence-electron chi connectivity index (χ2n) is 13.2. The number of aliphatic hydroxyl groups is 1. The molecule has 0 aromatic carbocycles. The van der Waals surface area contributed by atoms with E-state index in [1.807, 2.05) is 0 Å². The molecular formula is C39H73NO5S. The Morgan fingerprint density at radius 1 is 0.565 bits per heavy atom. The Labute approximate surface area is 285 Å². The first-order valence-corrected chi connectivity index (χ1v) is 20.8. The maximum atomic E-state index is 12.5.